The summed E-state index contributed by atoms with van der Waals surface area (Å²) in [7, 11) is 1.77. The fourth-order valence-electron chi connectivity index (χ4n) is 2.15. The second-order valence-electron chi connectivity index (χ2n) is 4.13. The molecule has 2 N–H and O–H groups in total. The summed E-state index contributed by atoms with van der Waals surface area (Å²) < 4.78 is 5.35. The number of nitrogens with zero attached hydrogens (tertiary/aromatic N) is 1. The highest BCUT2D eigenvalue weighted by molar-refractivity contribution is 6.31. The van der Waals surface area contributed by atoms with Crippen LogP contribution < -0.4 is 10.6 Å². The first-order valence-electron chi connectivity index (χ1n) is 5.53. The molecule has 1 aromatic rings. The molecule has 88 valence electrons. The van der Waals surface area contributed by atoms with E-state index in [0.29, 0.717) is 11.1 Å². The van der Waals surface area contributed by atoms with Crippen molar-refractivity contribution in [2.45, 2.75) is 18.9 Å². The fraction of sp³-hybridized carbons (Fsp3) is 0.500. The van der Waals surface area contributed by atoms with Crippen LogP contribution in [0.25, 0.3) is 0 Å². The Balaban J connectivity index is 2.08. The number of halogens is 1. The van der Waals surface area contributed by atoms with Gasteiger partial charge in [-0.05, 0) is 31.0 Å². The van der Waals surface area contributed by atoms with Crippen molar-refractivity contribution in [2.24, 2.45) is 0 Å². The number of benzene rings is 1. The lowest BCUT2D eigenvalue weighted by molar-refractivity contribution is 0.0819. The molecule has 2 rings (SSSR count). The Labute approximate surface area is 101 Å². The first-order chi connectivity index (χ1) is 7.70. The third-order valence-corrected chi connectivity index (χ3v) is 3.34. The molecule has 0 radical (unpaired) electrons. The molecule has 0 amide bonds. The van der Waals surface area contributed by atoms with Gasteiger partial charge < -0.3 is 15.4 Å². The summed E-state index contributed by atoms with van der Waals surface area (Å²) in [5, 5.41) is 0.688. The van der Waals surface area contributed by atoms with E-state index in [1.54, 1.807) is 13.2 Å². The molecule has 1 aliphatic heterocycles. The van der Waals surface area contributed by atoms with Crippen LogP contribution in [0.15, 0.2) is 18.2 Å². The topological polar surface area (TPSA) is 38.5 Å². The maximum absolute atomic E-state index is 5.96. The van der Waals surface area contributed by atoms with Crippen LogP contribution in [0.3, 0.4) is 0 Å². The molecule has 0 atom stereocenters. The molecule has 1 aliphatic rings. The Bertz CT molecular complexity index is 362. The highest BCUT2D eigenvalue weighted by Gasteiger charge is 2.20. The van der Waals surface area contributed by atoms with Crippen molar-refractivity contribution in [3.8, 4) is 0 Å². The predicted molar refractivity (Wildman–Crippen MR) is 68.1 cm³/mol. The highest BCUT2D eigenvalue weighted by Crippen LogP contribution is 2.29. The van der Waals surface area contributed by atoms with E-state index in [4.69, 9.17) is 22.1 Å². The number of piperidine rings is 1. The first kappa shape index (κ1) is 11.6. The van der Waals surface area contributed by atoms with E-state index < -0.39 is 0 Å². The third-order valence-electron chi connectivity index (χ3n) is 3.11. The van der Waals surface area contributed by atoms with Gasteiger partial charge in [0, 0.05) is 25.2 Å². The van der Waals surface area contributed by atoms with Gasteiger partial charge in [0.15, 0.2) is 0 Å². The first-order valence-corrected chi connectivity index (χ1v) is 5.91. The van der Waals surface area contributed by atoms with Crippen molar-refractivity contribution in [1.29, 1.82) is 0 Å². The summed E-state index contributed by atoms with van der Waals surface area (Å²) in [6, 6.07) is 5.68. The van der Waals surface area contributed by atoms with Crippen LogP contribution in [0.1, 0.15) is 12.8 Å². The number of nitrogen functional groups attached to an aromatic ring is 1. The number of nitrogens with two attached hydrogens (primary N) is 1. The van der Waals surface area contributed by atoms with Gasteiger partial charge in [-0.25, -0.2) is 0 Å². The van der Waals surface area contributed by atoms with Gasteiger partial charge in [0.05, 0.1) is 17.5 Å². The Hall–Kier alpha value is -0.930. The normalized spacial score (nSPS) is 17.8. The molecule has 0 spiro atoms. The molecule has 0 bridgehead atoms. The zero-order chi connectivity index (χ0) is 11.5. The van der Waals surface area contributed by atoms with Gasteiger partial charge in [-0.3, -0.25) is 0 Å². The molecule has 0 aromatic heterocycles. The van der Waals surface area contributed by atoms with Crippen LogP contribution in [0.5, 0.6) is 0 Å². The van der Waals surface area contributed by atoms with Gasteiger partial charge in [0.1, 0.15) is 0 Å². The smallest absolute Gasteiger partial charge is 0.0605 e. The summed E-state index contributed by atoms with van der Waals surface area (Å²) in [5.74, 6) is 0. The average Bonchev–Trinajstić information content (AvgIpc) is 2.29. The van der Waals surface area contributed by atoms with E-state index in [1.165, 1.54) is 0 Å². The lowest BCUT2D eigenvalue weighted by Crippen LogP contribution is -2.36. The Kier molecular flexibility index (Phi) is 3.56. The molecule has 1 aromatic carbocycles. The molecule has 4 heteroatoms. The predicted octanol–water partition coefficient (Wildman–Crippen LogP) is 2.54. The van der Waals surface area contributed by atoms with E-state index in [1.807, 2.05) is 12.1 Å². The van der Waals surface area contributed by atoms with Crippen LogP contribution in [0.4, 0.5) is 11.4 Å². The maximum Gasteiger partial charge on any atom is 0.0605 e. The Morgan fingerprint density at radius 1 is 1.38 bits per heavy atom. The molecule has 0 aliphatic carbocycles. The Morgan fingerprint density at radius 3 is 2.62 bits per heavy atom. The van der Waals surface area contributed by atoms with Crippen LogP contribution in [-0.2, 0) is 4.74 Å². The average molecular weight is 241 g/mol. The van der Waals surface area contributed by atoms with Crippen LogP contribution in [0, 0.1) is 0 Å². The molecule has 0 unspecified atom stereocenters. The van der Waals surface area contributed by atoms with Crippen molar-refractivity contribution in [2.75, 3.05) is 30.8 Å². The van der Waals surface area contributed by atoms with Crippen molar-refractivity contribution in [3.63, 3.8) is 0 Å². The molecule has 1 saturated heterocycles. The second-order valence-corrected chi connectivity index (χ2v) is 4.56. The van der Waals surface area contributed by atoms with E-state index in [-0.39, 0.29) is 0 Å². The van der Waals surface area contributed by atoms with Gasteiger partial charge in [0.25, 0.3) is 0 Å². The zero-order valence-electron chi connectivity index (χ0n) is 9.45. The minimum atomic E-state index is 0.393. The second kappa shape index (κ2) is 4.93. The van der Waals surface area contributed by atoms with E-state index in [0.717, 1.165) is 37.3 Å². The number of rotatable bonds is 2. The third kappa shape index (κ3) is 2.42. The molecular formula is C12H17ClN2O. The number of anilines is 2. The van der Waals surface area contributed by atoms with Gasteiger partial charge >= 0.3 is 0 Å². The summed E-state index contributed by atoms with van der Waals surface area (Å²) in [4.78, 5) is 2.29. The number of hydrogen-bond acceptors (Lipinski definition) is 3. The molecule has 16 heavy (non-hydrogen) atoms. The van der Waals surface area contributed by atoms with Crippen LogP contribution in [-0.4, -0.2) is 26.3 Å². The lowest BCUT2D eigenvalue weighted by atomic mass is 10.1. The summed E-state index contributed by atoms with van der Waals surface area (Å²) in [6.45, 7) is 1.98. The van der Waals surface area contributed by atoms with Crippen molar-refractivity contribution < 1.29 is 4.74 Å². The molecular weight excluding hydrogens is 224 g/mol. The SMILES string of the molecule is COC1CCN(c2ccc(Cl)cc2N)CC1. The van der Waals surface area contributed by atoms with Crippen molar-refractivity contribution in [1.82, 2.24) is 0 Å². The molecule has 0 saturated carbocycles. The maximum atomic E-state index is 5.96. The van der Waals surface area contributed by atoms with Gasteiger partial charge in [-0.1, -0.05) is 11.6 Å². The standard InChI is InChI=1S/C12H17ClN2O/c1-16-10-4-6-15(7-5-10)12-3-2-9(13)8-11(12)14/h2-3,8,10H,4-7,14H2,1H3. The molecule has 1 heterocycles. The van der Waals surface area contributed by atoms with E-state index in [2.05, 4.69) is 4.90 Å². The lowest BCUT2D eigenvalue weighted by Gasteiger charge is -2.33. The summed E-state index contributed by atoms with van der Waals surface area (Å²) in [5.41, 5.74) is 7.80. The zero-order valence-corrected chi connectivity index (χ0v) is 10.2. The number of hydrogen-bond donors (Lipinski definition) is 1. The van der Waals surface area contributed by atoms with Gasteiger partial charge in [-0.2, -0.15) is 0 Å². The quantitative estimate of drug-likeness (QED) is 0.808. The summed E-state index contributed by atoms with van der Waals surface area (Å²) >= 11 is 5.88. The van der Waals surface area contributed by atoms with Crippen LogP contribution >= 0.6 is 11.6 Å². The minimum absolute atomic E-state index is 0.393. The van der Waals surface area contributed by atoms with Gasteiger partial charge in [-0.15, -0.1) is 0 Å². The fourth-order valence-corrected chi connectivity index (χ4v) is 2.33. The van der Waals surface area contributed by atoms with Crippen molar-refractivity contribution in [3.05, 3.63) is 23.2 Å². The number of methoxy groups -OCH3 is 1. The minimum Gasteiger partial charge on any atom is -0.397 e. The van der Waals surface area contributed by atoms with E-state index >= 15 is 0 Å². The highest BCUT2D eigenvalue weighted by atomic mass is 35.5. The largest absolute Gasteiger partial charge is 0.397 e. The van der Waals surface area contributed by atoms with Gasteiger partial charge in [0.2, 0.25) is 0 Å². The Morgan fingerprint density at radius 2 is 2.06 bits per heavy atom. The summed E-state index contributed by atoms with van der Waals surface area (Å²) in [6.07, 6.45) is 2.50. The van der Waals surface area contributed by atoms with Crippen molar-refractivity contribution >= 4 is 23.0 Å². The molecule has 3 nitrogen and oxygen atoms in total. The van der Waals surface area contributed by atoms with Crippen LogP contribution in [0.2, 0.25) is 5.02 Å². The monoisotopic (exact) mass is 240 g/mol. The molecule has 1 fully saturated rings. The number of ether oxygens (including phenoxy) is 1. The van der Waals surface area contributed by atoms with E-state index in [9.17, 15) is 0 Å².